The Bertz CT molecular complexity index is 1100. The fourth-order valence-electron chi connectivity index (χ4n) is 3.86. The SMILES string of the molecule is COC(=S)NC[C@H]1CN(c2ccc(N3CCNN(C(=O)Cn4cc(Cl)cn4)CC3)c(F)c2)C(=O)O1. The number of halogens is 2. The van der Waals surface area contributed by atoms with Gasteiger partial charge in [0.25, 0.3) is 11.1 Å². The quantitative estimate of drug-likeness (QED) is 0.541. The second-order valence-corrected chi connectivity index (χ2v) is 8.73. The van der Waals surface area contributed by atoms with Gasteiger partial charge in [0.05, 0.1) is 49.3 Å². The summed E-state index contributed by atoms with van der Waals surface area (Å²) in [6.07, 6.45) is 2.04. The Hall–Kier alpha value is -3.16. The molecule has 1 atom stereocenters. The monoisotopic (exact) mass is 525 g/mol. The number of rotatable bonds is 6. The molecule has 2 aliphatic rings. The molecule has 2 N–H and O–H groups in total. The van der Waals surface area contributed by atoms with Gasteiger partial charge in [-0.05, 0) is 30.4 Å². The van der Waals surface area contributed by atoms with Gasteiger partial charge in [0.15, 0.2) is 0 Å². The van der Waals surface area contributed by atoms with Gasteiger partial charge in [-0.15, -0.1) is 0 Å². The number of cyclic esters (lactones) is 1. The van der Waals surface area contributed by atoms with E-state index in [-0.39, 0.29) is 24.2 Å². The molecule has 1 aromatic carbocycles. The van der Waals surface area contributed by atoms with Crippen molar-refractivity contribution >= 4 is 52.4 Å². The number of hydrogen-bond acceptors (Lipinski definition) is 8. The lowest BCUT2D eigenvalue weighted by atomic mass is 10.2. The van der Waals surface area contributed by atoms with E-state index in [2.05, 4.69) is 15.8 Å². The maximum atomic E-state index is 15.1. The number of hydrazine groups is 1. The molecule has 2 saturated heterocycles. The Kier molecular flexibility index (Phi) is 7.88. The number of nitrogens with zero attached hydrogens (tertiary/aromatic N) is 5. The first-order valence-electron chi connectivity index (χ1n) is 10.9. The predicted octanol–water partition coefficient (Wildman–Crippen LogP) is 1.38. The lowest BCUT2D eigenvalue weighted by Gasteiger charge is -2.24. The van der Waals surface area contributed by atoms with E-state index in [1.165, 1.54) is 34.0 Å². The van der Waals surface area contributed by atoms with Gasteiger partial charge in [-0.1, -0.05) is 11.6 Å². The van der Waals surface area contributed by atoms with Crippen molar-refractivity contribution in [2.75, 3.05) is 56.2 Å². The molecule has 1 aromatic heterocycles. The van der Waals surface area contributed by atoms with Crippen molar-refractivity contribution in [2.24, 2.45) is 0 Å². The molecule has 2 fully saturated rings. The van der Waals surface area contributed by atoms with Gasteiger partial charge >= 0.3 is 6.09 Å². The highest BCUT2D eigenvalue weighted by molar-refractivity contribution is 7.80. The van der Waals surface area contributed by atoms with Crippen LogP contribution in [0.1, 0.15) is 0 Å². The summed E-state index contributed by atoms with van der Waals surface area (Å²) < 4.78 is 26.7. The highest BCUT2D eigenvalue weighted by Crippen LogP contribution is 2.28. The summed E-state index contributed by atoms with van der Waals surface area (Å²) in [5.41, 5.74) is 3.86. The largest absolute Gasteiger partial charge is 0.474 e. The van der Waals surface area contributed by atoms with Crippen LogP contribution in [0.5, 0.6) is 0 Å². The molecule has 0 bridgehead atoms. The molecule has 2 aromatic rings. The first kappa shape index (κ1) is 24.9. The van der Waals surface area contributed by atoms with Crippen LogP contribution in [0.25, 0.3) is 0 Å². The van der Waals surface area contributed by atoms with Crippen LogP contribution in [-0.2, 0) is 20.8 Å². The standard InChI is InChI=1S/C21H25ClFN7O4S/c1-33-20(35)24-10-16-12-29(21(32)34-16)15-2-3-18(17(23)8-15)27-5-4-25-30(7-6-27)19(31)13-28-11-14(22)9-26-28/h2-3,8-9,11,16,25H,4-7,10,12-13H2,1H3,(H,24,35)/t16-/m0/s1. The molecule has 35 heavy (non-hydrogen) atoms. The molecule has 2 aliphatic heterocycles. The zero-order valence-corrected chi connectivity index (χ0v) is 20.5. The Morgan fingerprint density at radius 2 is 2.23 bits per heavy atom. The first-order chi connectivity index (χ1) is 16.8. The predicted molar refractivity (Wildman–Crippen MR) is 131 cm³/mol. The summed E-state index contributed by atoms with van der Waals surface area (Å²) in [4.78, 5) is 28.1. The van der Waals surface area contributed by atoms with E-state index < -0.39 is 18.0 Å². The summed E-state index contributed by atoms with van der Waals surface area (Å²) >= 11 is 10.8. The Morgan fingerprint density at radius 1 is 1.40 bits per heavy atom. The van der Waals surface area contributed by atoms with E-state index in [4.69, 9.17) is 33.3 Å². The number of hydrogen-bond donors (Lipinski definition) is 2. The normalized spacial score (nSPS) is 18.3. The van der Waals surface area contributed by atoms with Gasteiger partial charge in [0.2, 0.25) is 0 Å². The molecular formula is C21H25ClFN7O4S. The van der Waals surface area contributed by atoms with Gasteiger partial charge in [-0.2, -0.15) is 5.10 Å². The maximum absolute atomic E-state index is 15.1. The van der Waals surface area contributed by atoms with E-state index in [0.717, 1.165) is 0 Å². The zero-order chi connectivity index (χ0) is 24.9. The number of ether oxygens (including phenoxy) is 2. The Balaban J connectivity index is 1.35. The highest BCUT2D eigenvalue weighted by atomic mass is 35.5. The van der Waals surface area contributed by atoms with Crippen LogP contribution < -0.4 is 20.5 Å². The van der Waals surface area contributed by atoms with Crippen molar-refractivity contribution in [2.45, 2.75) is 12.6 Å². The van der Waals surface area contributed by atoms with Crippen molar-refractivity contribution in [1.82, 2.24) is 25.5 Å². The molecule has 0 saturated carbocycles. The number of benzene rings is 1. The number of carbonyl (C=O) groups is 2. The lowest BCUT2D eigenvalue weighted by Crippen LogP contribution is -2.45. The van der Waals surface area contributed by atoms with Gasteiger partial charge in [0.1, 0.15) is 18.5 Å². The van der Waals surface area contributed by atoms with E-state index in [1.807, 2.05) is 4.90 Å². The van der Waals surface area contributed by atoms with Gasteiger partial charge in [-0.25, -0.2) is 14.6 Å². The molecule has 188 valence electrons. The zero-order valence-electron chi connectivity index (χ0n) is 18.9. The number of nitrogens with one attached hydrogen (secondary N) is 2. The van der Waals surface area contributed by atoms with Gasteiger partial charge < -0.3 is 19.7 Å². The van der Waals surface area contributed by atoms with Crippen LogP contribution in [0.3, 0.4) is 0 Å². The molecule has 0 radical (unpaired) electrons. The van der Waals surface area contributed by atoms with Gasteiger partial charge in [0, 0.05) is 25.8 Å². The van der Waals surface area contributed by atoms with Crippen LogP contribution in [0, 0.1) is 5.82 Å². The summed E-state index contributed by atoms with van der Waals surface area (Å²) in [7, 11) is 1.44. The first-order valence-corrected chi connectivity index (χ1v) is 11.7. The molecule has 3 heterocycles. The van der Waals surface area contributed by atoms with Crippen LogP contribution in [0.15, 0.2) is 30.6 Å². The van der Waals surface area contributed by atoms with E-state index in [0.29, 0.717) is 49.1 Å². The number of amides is 2. The van der Waals surface area contributed by atoms with Crippen molar-refractivity contribution < 1.29 is 23.5 Å². The van der Waals surface area contributed by atoms with Crippen LogP contribution in [0.4, 0.5) is 20.6 Å². The molecule has 4 rings (SSSR count). The van der Waals surface area contributed by atoms with Crippen molar-refractivity contribution in [3.05, 3.63) is 41.4 Å². The average molecular weight is 526 g/mol. The van der Waals surface area contributed by atoms with Gasteiger partial charge in [-0.3, -0.25) is 19.4 Å². The third-order valence-corrected chi connectivity index (χ3v) is 6.10. The highest BCUT2D eigenvalue weighted by Gasteiger charge is 2.33. The number of anilines is 2. The minimum absolute atomic E-state index is 0.0441. The minimum Gasteiger partial charge on any atom is -0.474 e. The van der Waals surface area contributed by atoms with Crippen molar-refractivity contribution in [3.8, 4) is 0 Å². The van der Waals surface area contributed by atoms with Crippen molar-refractivity contribution in [3.63, 3.8) is 0 Å². The number of thiocarbonyl (C=S) groups is 1. The smallest absolute Gasteiger partial charge is 0.414 e. The van der Waals surface area contributed by atoms with Crippen LogP contribution in [0.2, 0.25) is 5.02 Å². The molecule has 11 nitrogen and oxygen atoms in total. The van der Waals surface area contributed by atoms with Crippen molar-refractivity contribution in [1.29, 1.82) is 0 Å². The van der Waals surface area contributed by atoms with E-state index in [9.17, 15) is 9.59 Å². The lowest BCUT2D eigenvalue weighted by molar-refractivity contribution is -0.134. The fraction of sp³-hybridized carbons (Fsp3) is 0.429. The van der Waals surface area contributed by atoms with E-state index in [1.54, 1.807) is 18.3 Å². The summed E-state index contributed by atoms with van der Waals surface area (Å²) in [5, 5.41) is 9.02. The Morgan fingerprint density at radius 3 is 2.94 bits per heavy atom. The molecule has 0 aliphatic carbocycles. The summed E-state index contributed by atoms with van der Waals surface area (Å²) in [6.45, 7) is 2.31. The van der Waals surface area contributed by atoms with Crippen LogP contribution >= 0.6 is 23.8 Å². The second kappa shape index (κ2) is 11.1. The average Bonchev–Trinajstić information content (AvgIpc) is 3.32. The number of aromatic nitrogens is 2. The maximum Gasteiger partial charge on any atom is 0.414 e. The molecule has 0 unspecified atom stereocenters. The fourth-order valence-corrected chi connectivity index (χ4v) is 4.10. The molecule has 14 heteroatoms. The Labute approximate surface area is 211 Å². The molecular weight excluding hydrogens is 501 g/mol. The molecule has 0 spiro atoms. The minimum atomic E-state index is -0.557. The van der Waals surface area contributed by atoms with E-state index >= 15 is 4.39 Å². The summed E-state index contributed by atoms with van der Waals surface area (Å²) in [6, 6.07) is 4.62. The number of carbonyl (C=O) groups excluding carboxylic acids is 2. The molecule has 2 amide bonds. The topological polar surface area (TPSA) is 104 Å². The third kappa shape index (κ3) is 6.10. The number of methoxy groups -OCH3 is 1. The van der Waals surface area contributed by atoms with Crippen LogP contribution in [-0.4, -0.2) is 84.4 Å². The third-order valence-electron chi connectivity index (χ3n) is 5.60. The second-order valence-electron chi connectivity index (χ2n) is 7.92. The summed E-state index contributed by atoms with van der Waals surface area (Å²) in [5.74, 6) is -0.645.